The first kappa shape index (κ1) is 20.7. The van der Waals surface area contributed by atoms with Gasteiger partial charge >= 0.3 is 0 Å². The van der Waals surface area contributed by atoms with Gasteiger partial charge in [0.15, 0.2) is 5.65 Å². The van der Waals surface area contributed by atoms with E-state index >= 15 is 0 Å². The Morgan fingerprint density at radius 3 is 2.50 bits per heavy atom. The summed E-state index contributed by atoms with van der Waals surface area (Å²) in [4.78, 5) is 20.5. The van der Waals surface area contributed by atoms with E-state index in [1.54, 1.807) is 6.20 Å². The summed E-state index contributed by atoms with van der Waals surface area (Å²) in [7, 11) is 0. The molecule has 0 bridgehead atoms. The van der Waals surface area contributed by atoms with Crippen molar-refractivity contribution in [3.63, 3.8) is 0 Å². The lowest BCUT2D eigenvalue weighted by molar-refractivity contribution is -0.0178. The average Bonchev–Trinajstić information content (AvgIpc) is 3.45. The van der Waals surface area contributed by atoms with Gasteiger partial charge in [0.2, 0.25) is 5.95 Å². The molecule has 4 heterocycles. The predicted octanol–water partition coefficient (Wildman–Crippen LogP) is 3.95. The first-order chi connectivity index (χ1) is 14.5. The van der Waals surface area contributed by atoms with E-state index in [2.05, 4.69) is 61.6 Å². The molecule has 160 valence electrons. The van der Waals surface area contributed by atoms with Crippen LogP contribution in [-0.2, 0) is 4.74 Å². The molecule has 0 unspecified atom stereocenters. The van der Waals surface area contributed by atoms with Gasteiger partial charge in [0.1, 0.15) is 11.6 Å². The Morgan fingerprint density at radius 1 is 1.03 bits per heavy atom. The van der Waals surface area contributed by atoms with E-state index in [1.807, 2.05) is 20.0 Å². The van der Waals surface area contributed by atoms with E-state index in [9.17, 15) is 0 Å². The average molecular weight is 410 g/mol. The van der Waals surface area contributed by atoms with Crippen molar-refractivity contribution in [2.24, 2.45) is 0 Å². The van der Waals surface area contributed by atoms with Crippen molar-refractivity contribution in [2.75, 3.05) is 18.0 Å². The molecule has 1 aliphatic carbocycles. The van der Waals surface area contributed by atoms with Gasteiger partial charge in [-0.1, -0.05) is 20.3 Å². The van der Waals surface area contributed by atoms with Crippen LogP contribution >= 0.6 is 0 Å². The maximum absolute atomic E-state index is 6.18. The highest BCUT2D eigenvalue weighted by molar-refractivity contribution is 5.70. The van der Waals surface area contributed by atoms with E-state index in [0.29, 0.717) is 24.2 Å². The molecule has 0 N–H and O–H groups in total. The lowest BCUT2D eigenvalue weighted by Crippen LogP contribution is -2.43. The number of hydrogen-bond donors (Lipinski definition) is 0. The largest absolute Gasteiger partial charge is 0.367 e. The first-order valence-corrected chi connectivity index (χ1v) is 10.9. The highest BCUT2D eigenvalue weighted by atomic mass is 16.5. The second-order valence-corrected chi connectivity index (χ2v) is 8.31. The molecule has 1 saturated carbocycles. The summed E-state index contributed by atoms with van der Waals surface area (Å²) in [6.45, 7) is 11.7. The maximum Gasteiger partial charge on any atom is 0.227 e. The zero-order valence-electron chi connectivity index (χ0n) is 18.5. The van der Waals surface area contributed by atoms with Crippen LogP contribution in [0.5, 0.6) is 0 Å². The number of aryl methyl sites for hydroxylation is 2. The lowest BCUT2D eigenvalue weighted by atomic mass is 10.1. The van der Waals surface area contributed by atoms with Crippen LogP contribution in [0.15, 0.2) is 18.6 Å². The zero-order valence-corrected chi connectivity index (χ0v) is 18.5. The van der Waals surface area contributed by atoms with Crippen LogP contribution < -0.4 is 4.90 Å². The molecule has 2 aliphatic rings. The van der Waals surface area contributed by atoms with Gasteiger partial charge in [-0.2, -0.15) is 10.1 Å². The van der Waals surface area contributed by atoms with Crippen LogP contribution in [-0.4, -0.2) is 48.9 Å². The Bertz CT molecular complexity index is 1010. The number of anilines is 1. The van der Waals surface area contributed by atoms with Crippen LogP contribution in [0.4, 0.5) is 5.95 Å². The second-order valence-electron chi connectivity index (χ2n) is 8.31. The first-order valence-electron chi connectivity index (χ1n) is 10.9. The monoisotopic (exact) mass is 409 g/mol. The summed E-state index contributed by atoms with van der Waals surface area (Å²) in [6.07, 6.45) is 9.55. The van der Waals surface area contributed by atoms with Crippen molar-refractivity contribution >= 4 is 17.1 Å². The fraction of sp³-hybridized carbons (Fsp3) is 0.591. The van der Waals surface area contributed by atoms with Crippen molar-refractivity contribution in [3.05, 3.63) is 35.5 Å². The highest BCUT2D eigenvalue weighted by Crippen LogP contribution is 2.35. The quantitative estimate of drug-likeness (QED) is 0.648. The van der Waals surface area contributed by atoms with Crippen LogP contribution in [0.2, 0.25) is 0 Å². The molecule has 3 aromatic heterocycles. The molecule has 0 radical (unpaired) electrons. The number of fused-ring (bicyclic) bond motifs is 1. The van der Waals surface area contributed by atoms with Gasteiger partial charge in [-0.3, -0.25) is 4.68 Å². The van der Waals surface area contributed by atoms with Crippen molar-refractivity contribution in [1.82, 2.24) is 29.7 Å². The summed E-state index contributed by atoms with van der Waals surface area (Å²) in [5.74, 6) is 0.676. The Balaban J connectivity index is 0.000000687. The topological polar surface area (TPSA) is 81.9 Å². The highest BCUT2D eigenvalue weighted by Gasteiger charge is 2.31. The third kappa shape index (κ3) is 4.43. The van der Waals surface area contributed by atoms with Crippen molar-refractivity contribution in [2.45, 2.75) is 72.1 Å². The molecule has 0 spiro atoms. The van der Waals surface area contributed by atoms with Gasteiger partial charge in [0.05, 0.1) is 42.5 Å². The van der Waals surface area contributed by atoms with Crippen LogP contribution in [0.3, 0.4) is 0 Å². The second kappa shape index (κ2) is 8.63. The Hall–Kier alpha value is -2.61. The minimum absolute atomic E-state index is 0.0358. The zero-order chi connectivity index (χ0) is 21.3. The van der Waals surface area contributed by atoms with E-state index in [0.717, 1.165) is 29.0 Å². The molecule has 0 amide bonds. The van der Waals surface area contributed by atoms with Gasteiger partial charge in [0, 0.05) is 18.3 Å². The Morgan fingerprint density at radius 2 is 1.77 bits per heavy atom. The number of rotatable bonds is 3. The summed E-state index contributed by atoms with van der Waals surface area (Å²) in [5.41, 5.74) is 4.29. The van der Waals surface area contributed by atoms with E-state index in [1.165, 1.54) is 19.3 Å². The third-order valence-corrected chi connectivity index (χ3v) is 5.28. The van der Waals surface area contributed by atoms with Gasteiger partial charge in [-0.05, 0) is 33.6 Å². The van der Waals surface area contributed by atoms with Gasteiger partial charge in [-0.15, -0.1) is 0 Å². The van der Waals surface area contributed by atoms with Crippen molar-refractivity contribution < 1.29 is 4.74 Å². The smallest absolute Gasteiger partial charge is 0.227 e. The normalized spacial score (nSPS) is 21.4. The van der Waals surface area contributed by atoms with Gasteiger partial charge < -0.3 is 9.64 Å². The molecule has 30 heavy (non-hydrogen) atoms. The fourth-order valence-corrected chi connectivity index (χ4v) is 3.53. The predicted molar refractivity (Wildman–Crippen MR) is 117 cm³/mol. The van der Waals surface area contributed by atoms with Crippen molar-refractivity contribution in [3.8, 4) is 0 Å². The molecule has 0 aromatic carbocycles. The van der Waals surface area contributed by atoms with E-state index in [4.69, 9.17) is 4.74 Å². The minimum Gasteiger partial charge on any atom is -0.367 e. The molecule has 3 aromatic rings. The Kier molecular flexibility index (Phi) is 5.94. The number of aromatic nitrogens is 6. The number of ether oxygens (including phenoxy) is 1. The molecule has 2 fully saturated rings. The standard InChI is InChI=1S/C19H23N7O.C3H8/c1-11-8-25(10-17(27-11)14-6-21-26(9-14)15-4-5-15)19-20-7-16-18(24-19)23-13(3)12(2)22-16;1-3-2/h6-7,9,11,15,17H,4-5,8,10H2,1-3H3;3H2,1-2H3/t11-,17+;/m0./s1. The van der Waals surface area contributed by atoms with Gasteiger partial charge in [0.25, 0.3) is 0 Å². The molecule has 5 rings (SSSR count). The fourth-order valence-electron chi connectivity index (χ4n) is 3.53. The number of hydrogen-bond acceptors (Lipinski definition) is 7. The summed E-state index contributed by atoms with van der Waals surface area (Å²) in [5, 5.41) is 4.50. The molecule has 1 aliphatic heterocycles. The maximum atomic E-state index is 6.18. The van der Waals surface area contributed by atoms with E-state index < -0.39 is 0 Å². The van der Waals surface area contributed by atoms with Crippen LogP contribution in [0, 0.1) is 13.8 Å². The molecule has 2 atom stereocenters. The van der Waals surface area contributed by atoms with E-state index in [-0.39, 0.29) is 12.2 Å². The minimum atomic E-state index is -0.0358. The molecular formula is C22H31N7O. The number of morpholine rings is 1. The van der Waals surface area contributed by atoms with Crippen LogP contribution in [0.25, 0.3) is 11.2 Å². The summed E-state index contributed by atoms with van der Waals surface area (Å²) in [6, 6.07) is 0.574. The van der Waals surface area contributed by atoms with Crippen LogP contribution in [0.1, 0.15) is 69.1 Å². The molecular weight excluding hydrogens is 378 g/mol. The lowest BCUT2D eigenvalue weighted by Gasteiger charge is -2.36. The molecule has 1 saturated heterocycles. The summed E-state index contributed by atoms with van der Waals surface area (Å²) >= 11 is 0. The number of nitrogens with zero attached hydrogens (tertiary/aromatic N) is 7. The van der Waals surface area contributed by atoms with Crippen molar-refractivity contribution in [1.29, 1.82) is 0 Å². The van der Waals surface area contributed by atoms with Gasteiger partial charge in [-0.25, -0.2) is 15.0 Å². The Labute approximate surface area is 177 Å². The SMILES string of the molecule is CCC.Cc1nc2cnc(N3C[C@H](C)O[C@@H](c4cnn(C5CC5)c4)C3)nc2nc1C. The third-order valence-electron chi connectivity index (χ3n) is 5.28. The molecule has 8 heteroatoms. The molecule has 8 nitrogen and oxygen atoms in total. The summed E-state index contributed by atoms with van der Waals surface area (Å²) < 4.78 is 8.25.